The van der Waals surface area contributed by atoms with Gasteiger partial charge in [-0.05, 0) is 18.3 Å². The number of ether oxygens (including phenoxy) is 1. The molecule has 2 atom stereocenters. The molecule has 1 rings (SSSR count). The van der Waals surface area contributed by atoms with Crippen LogP contribution in [0.15, 0.2) is 0 Å². The number of carbonyl (C=O) groups excluding carboxylic acids is 1. The minimum atomic E-state index is -0.0307. The number of carbonyl (C=O) groups is 1. The second kappa shape index (κ2) is 3.04. The lowest BCUT2D eigenvalue weighted by Gasteiger charge is -2.07. The van der Waals surface area contributed by atoms with E-state index in [0.29, 0.717) is 24.9 Å². The van der Waals surface area contributed by atoms with E-state index < -0.39 is 0 Å². The Morgan fingerprint density at radius 3 is 2.80 bits per heavy atom. The van der Waals surface area contributed by atoms with Gasteiger partial charge in [0, 0.05) is 6.42 Å². The zero-order valence-corrected chi connectivity index (χ0v) is 6.59. The highest BCUT2D eigenvalue weighted by Gasteiger charge is 2.18. The average Bonchev–Trinajstić information content (AvgIpc) is 1.93. The summed E-state index contributed by atoms with van der Waals surface area (Å²) in [7, 11) is 0. The molecule has 1 aliphatic rings. The zero-order chi connectivity index (χ0) is 7.56. The molecule has 0 amide bonds. The van der Waals surface area contributed by atoms with E-state index in [1.54, 1.807) is 0 Å². The molecule has 10 heavy (non-hydrogen) atoms. The molecular weight excluding hydrogens is 128 g/mol. The molecule has 0 aromatic rings. The number of hydrogen-bond acceptors (Lipinski definition) is 2. The summed E-state index contributed by atoms with van der Waals surface area (Å²) in [6, 6.07) is 0. The van der Waals surface area contributed by atoms with Crippen molar-refractivity contribution < 1.29 is 9.53 Å². The monoisotopic (exact) mass is 142 g/mol. The number of hydrogen-bond donors (Lipinski definition) is 0. The summed E-state index contributed by atoms with van der Waals surface area (Å²) in [5.41, 5.74) is 0. The Morgan fingerprint density at radius 1 is 1.40 bits per heavy atom. The average molecular weight is 142 g/mol. The van der Waals surface area contributed by atoms with Crippen molar-refractivity contribution in [3.8, 4) is 0 Å². The van der Waals surface area contributed by atoms with Gasteiger partial charge in [-0.25, -0.2) is 0 Å². The van der Waals surface area contributed by atoms with Crippen molar-refractivity contribution >= 4 is 5.97 Å². The Kier molecular flexibility index (Phi) is 2.30. The van der Waals surface area contributed by atoms with Crippen LogP contribution in [0.4, 0.5) is 0 Å². The van der Waals surface area contributed by atoms with Crippen molar-refractivity contribution in [2.24, 2.45) is 11.8 Å². The molecule has 0 aromatic carbocycles. The molecule has 2 heteroatoms. The first-order valence-electron chi connectivity index (χ1n) is 3.84. The van der Waals surface area contributed by atoms with E-state index in [-0.39, 0.29) is 5.97 Å². The van der Waals surface area contributed by atoms with Crippen LogP contribution >= 0.6 is 0 Å². The van der Waals surface area contributed by atoms with Gasteiger partial charge in [0.1, 0.15) is 0 Å². The van der Waals surface area contributed by atoms with Crippen molar-refractivity contribution in [2.45, 2.75) is 26.7 Å². The van der Waals surface area contributed by atoms with Crippen molar-refractivity contribution in [1.82, 2.24) is 0 Å². The Morgan fingerprint density at radius 2 is 2.10 bits per heavy atom. The molecule has 0 saturated carbocycles. The van der Waals surface area contributed by atoms with Crippen LogP contribution < -0.4 is 0 Å². The van der Waals surface area contributed by atoms with Gasteiger partial charge in [0.15, 0.2) is 0 Å². The molecule has 0 bridgehead atoms. The van der Waals surface area contributed by atoms with E-state index in [4.69, 9.17) is 4.74 Å². The molecule has 0 spiro atoms. The second-order valence-corrected chi connectivity index (χ2v) is 3.33. The molecule has 0 N–H and O–H groups in total. The maximum atomic E-state index is 10.8. The second-order valence-electron chi connectivity index (χ2n) is 3.33. The molecule has 1 fully saturated rings. The highest BCUT2D eigenvalue weighted by molar-refractivity contribution is 5.69. The maximum Gasteiger partial charge on any atom is 0.306 e. The van der Waals surface area contributed by atoms with Crippen LogP contribution in [0.5, 0.6) is 0 Å². The summed E-state index contributed by atoms with van der Waals surface area (Å²) in [5, 5.41) is 0. The third-order valence-electron chi connectivity index (χ3n) is 1.85. The summed E-state index contributed by atoms with van der Waals surface area (Å²) in [6.07, 6.45) is 1.72. The highest BCUT2D eigenvalue weighted by atomic mass is 16.5. The van der Waals surface area contributed by atoms with Crippen LogP contribution in [0.25, 0.3) is 0 Å². The smallest absolute Gasteiger partial charge is 0.306 e. The van der Waals surface area contributed by atoms with Crippen molar-refractivity contribution in [2.75, 3.05) is 6.61 Å². The summed E-state index contributed by atoms with van der Waals surface area (Å²) in [6.45, 7) is 4.83. The largest absolute Gasteiger partial charge is 0.465 e. The molecular formula is C8H14O2. The lowest BCUT2D eigenvalue weighted by Crippen LogP contribution is -2.05. The molecule has 1 saturated heterocycles. The summed E-state index contributed by atoms with van der Waals surface area (Å²) in [5.74, 6) is 1.02. The van der Waals surface area contributed by atoms with Gasteiger partial charge >= 0.3 is 5.97 Å². The highest BCUT2D eigenvalue weighted by Crippen LogP contribution is 2.19. The van der Waals surface area contributed by atoms with Gasteiger partial charge in [-0.2, -0.15) is 0 Å². The molecule has 58 valence electrons. The van der Waals surface area contributed by atoms with E-state index in [9.17, 15) is 4.79 Å². The molecule has 2 nitrogen and oxygen atoms in total. The zero-order valence-electron chi connectivity index (χ0n) is 6.59. The summed E-state index contributed by atoms with van der Waals surface area (Å²) >= 11 is 0. The van der Waals surface area contributed by atoms with Crippen LogP contribution in [0, 0.1) is 11.8 Å². The van der Waals surface area contributed by atoms with Crippen LogP contribution in [0.3, 0.4) is 0 Å². The van der Waals surface area contributed by atoms with Gasteiger partial charge < -0.3 is 4.74 Å². The predicted molar refractivity (Wildman–Crippen MR) is 38.5 cm³/mol. The first-order valence-corrected chi connectivity index (χ1v) is 3.84. The Hall–Kier alpha value is -0.530. The Labute approximate surface area is 61.6 Å². The fourth-order valence-electron chi connectivity index (χ4n) is 1.42. The molecule has 1 aliphatic heterocycles. The third-order valence-corrected chi connectivity index (χ3v) is 1.85. The summed E-state index contributed by atoms with van der Waals surface area (Å²) in [4.78, 5) is 10.8. The van der Waals surface area contributed by atoms with Crippen molar-refractivity contribution in [1.29, 1.82) is 0 Å². The molecule has 0 radical (unpaired) electrons. The van der Waals surface area contributed by atoms with Crippen LogP contribution in [-0.2, 0) is 9.53 Å². The maximum absolute atomic E-state index is 10.8. The van der Waals surface area contributed by atoms with Gasteiger partial charge in [0.2, 0.25) is 0 Å². The van der Waals surface area contributed by atoms with Gasteiger partial charge in [-0.1, -0.05) is 13.8 Å². The van der Waals surface area contributed by atoms with Gasteiger partial charge in [-0.3, -0.25) is 4.79 Å². The van der Waals surface area contributed by atoms with E-state index in [2.05, 4.69) is 13.8 Å². The van der Waals surface area contributed by atoms with Crippen LogP contribution in [0.1, 0.15) is 26.7 Å². The Bertz CT molecular complexity index is 131. The first kappa shape index (κ1) is 7.58. The number of rotatable bonds is 0. The lowest BCUT2D eigenvalue weighted by atomic mass is 9.97. The minimum Gasteiger partial charge on any atom is -0.465 e. The summed E-state index contributed by atoms with van der Waals surface area (Å²) < 4.78 is 4.95. The van der Waals surface area contributed by atoms with Gasteiger partial charge in [0.05, 0.1) is 6.61 Å². The molecule has 0 aliphatic carbocycles. The van der Waals surface area contributed by atoms with Crippen molar-refractivity contribution in [3.05, 3.63) is 0 Å². The quantitative estimate of drug-likeness (QED) is 0.480. The Balaban J connectivity index is 2.46. The van der Waals surface area contributed by atoms with Crippen LogP contribution in [0.2, 0.25) is 0 Å². The SMILES string of the molecule is CC1COC(=O)CC(C)C1. The van der Waals surface area contributed by atoms with E-state index in [1.165, 1.54) is 0 Å². The van der Waals surface area contributed by atoms with Gasteiger partial charge in [-0.15, -0.1) is 0 Å². The molecule has 1 heterocycles. The lowest BCUT2D eigenvalue weighted by molar-refractivity contribution is -0.143. The first-order chi connectivity index (χ1) is 4.68. The topological polar surface area (TPSA) is 26.3 Å². The van der Waals surface area contributed by atoms with E-state index >= 15 is 0 Å². The minimum absolute atomic E-state index is 0.0307. The fourth-order valence-corrected chi connectivity index (χ4v) is 1.42. The molecule has 2 unspecified atom stereocenters. The normalized spacial score (nSPS) is 34.8. The number of esters is 1. The van der Waals surface area contributed by atoms with E-state index in [0.717, 1.165) is 6.42 Å². The fraction of sp³-hybridized carbons (Fsp3) is 0.875. The third kappa shape index (κ3) is 2.01. The van der Waals surface area contributed by atoms with Crippen molar-refractivity contribution in [3.63, 3.8) is 0 Å². The standard InChI is InChI=1S/C8H14O2/c1-6-3-7(2)5-10-8(9)4-6/h6-7H,3-5H2,1-2H3. The van der Waals surface area contributed by atoms with Crippen LogP contribution in [-0.4, -0.2) is 12.6 Å². The molecule has 0 aromatic heterocycles. The van der Waals surface area contributed by atoms with E-state index in [1.807, 2.05) is 0 Å². The number of cyclic esters (lactones) is 1. The predicted octanol–water partition coefficient (Wildman–Crippen LogP) is 1.60. The van der Waals surface area contributed by atoms with Gasteiger partial charge in [0.25, 0.3) is 0 Å².